The van der Waals surface area contributed by atoms with E-state index in [1.807, 2.05) is 54.6 Å². The molecule has 8 heteroatoms. The minimum Gasteiger partial charge on any atom is -0.488 e. The number of hydrogen-bond donors (Lipinski definition) is 1. The Kier molecular flexibility index (Phi) is 7.31. The lowest BCUT2D eigenvalue weighted by Crippen LogP contribution is -2.33. The molecular weight excluding hydrogens is 398 g/mol. The summed E-state index contributed by atoms with van der Waals surface area (Å²) in [6.45, 7) is 1.97. The summed E-state index contributed by atoms with van der Waals surface area (Å²) >= 11 is 0. The third-order valence-electron chi connectivity index (χ3n) is 4.26. The van der Waals surface area contributed by atoms with Crippen LogP contribution in [-0.4, -0.2) is 23.1 Å². The molecular formula is C23H21N3O5. The van der Waals surface area contributed by atoms with Crippen molar-refractivity contribution in [1.29, 1.82) is 0 Å². The molecule has 0 bridgehead atoms. The van der Waals surface area contributed by atoms with Crippen molar-refractivity contribution >= 4 is 17.8 Å². The first-order valence-electron chi connectivity index (χ1n) is 9.52. The van der Waals surface area contributed by atoms with Gasteiger partial charge in [-0.1, -0.05) is 42.5 Å². The van der Waals surface area contributed by atoms with Gasteiger partial charge in [0.1, 0.15) is 18.1 Å². The van der Waals surface area contributed by atoms with Gasteiger partial charge in [0.2, 0.25) is 0 Å². The molecule has 3 aromatic rings. The molecule has 0 aliphatic carbocycles. The van der Waals surface area contributed by atoms with E-state index in [1.54, 1.807) is 6.92 Å². The molecule has 0 aliphatic rings. The van der Waals surface area contributed by atoms with Crippen LogP contribution in [0.15, 0.2) is 84.0 Å². The van der Waals surface area contributed by atoms with Crippen LogP contribution in [0.1, 0.15) is 18.1 Å². The molecule has 0 radical (unpaired) electrons. The molecule has 0 heterocycles. The molecule has 0 saturated heterocycles. The number of nitrogens with one attached hydrogen (secondary N) is 1. The lowest BCUT2D eigenvalue weighted by Gasteiger charge is -2.12. The normalized spacial score (nSPS) is 11.6. The number of para-hydroxylation sites is 1. The molecule has 1 amide bonds. The summed E-state index contributed by atoms with van der Waals surface area (Å²) in [6.07, 6.45) is 0.653. The molecule has 0 fully saturated rings. The van der Waals surface area contributed by atoms with Gasteiger partial charge in [-0.15, -0.1) is 0 Å². The van der Waals surface area contributed by atoms with Gasteiger partial charge >= 0.3 is 0 Å². The third-order valence-corrected chi connectivity index (χ3v) is 4.26. The average Bonchev–Trinajstić information content (AvgIpc) is 2.79. The van der Waals surface area contributed by atoms with Crippen LogP contribution in [0.25, 0.3) is 0 Å². The number of nitrogens with zero attached hydrogens (tertiary/aromatic N) is 2. The molecule has 0 saturated carbocycles. The molecule has 0 spiro atoms. The smallest absolute Gasteiger partial charge is 0.280 e. The molecule has 0 aromatic heterocycles. The highest BCUT2D eigenvalue weighted by atomic mass is 16.6. The van der Waals surface area contributed by atoms with Crippen LogP contribution in [0.5, 0.6) is 11.5 Å². The first-order chi connectivity index (χ1) is 15.0. The van der Waals surface area contributed by atoms with E-state index in [1.165, 1.54) is 30.5 Å². The molecule has 3 aromatic carbocycles. The number of nitro benzene ring substituents is 1. The standard InChI is InChI=1S/C23H21N3O5/c1-17(31-21-13-11-20(12-14-21)26(28)29)23(27)25-24-15-19-9-5-6-10-22(19)30-16-18-7-3-2-4-8-18/h2-15,17H,16H2,1H3,(H,25,27)/b24-15-/t17-/m0/s1. The number of hydrogen-bond acceptors (Lipinski definition) is 6. The van der Waals surface area contributed by atoms with E-state index < -0.39 is 16.9 Å². The number of carbonyl (C=O) groups excluding carboxylic acids is 1. The maximum Gasteiger partial charge on any atom is 0.280 e. The Hall–Kier alpha value is -4.20. The molecule has 31 heavy (non-hydrogen) atoms. The lowest BCUT2D eigenvalue weighted by molar-refractivity contribution is -0.384. The van der Waals surface area contributed by atoms with Crippen LogP contribution in [0.3, 0.4) is 0 Å². The molecule has 3 rings (SSSR count). The summed E-state index contributed by atoms with van der Waals surface area (Å²) in [5, 5.41) is 14.7. The summed E-state index contributed by atoms with van der Waals surface area (Å²) in [7, 11) is 0. The topological polar surface area (TPSA) is 103 Å². The Bertz CT molecular complexity index is 1050. The predicted molar refractivity (Wildman–Crippen MR) is 116 cm³/mol. The van der Waals surface area contributed by atoms with Crippen LogP contribution in [0.2, 0.25) is 0 Å². The van der Waals surface area contributed by atoms with Gasteiger partial charge in [0, 0.05) is 17.7 Å². The van der Waals surface area contributed by atoms with E-state index in [0.717, 1.165) is 5.56 Å². The summed E-state index contributed by atoms with van der Waals surface area (Å²) < 4.78 is 11.3. The van der Waals surface area contributed by atoms with E-state index in [9.17, 15) is 14.9 Å². The minimum absolute atomic E-state index is 0.0535. The maximum atomic E-state index is 12.2. The Morgan fingerprint density at radius 3 is 2.45 bits per heavy atom. The summed E-state index contributed by atoms with van der Waals surface area (Å²) in [4.78, 5) is 22.4. The van der Waals surface area contributed by atoms with Crippen molar-refractivity contribution in [3.05, 3.63) is 100 Å². The van der Waals surface area contributed by atoms with Crippen LogP contribution in [0, 0.1) is 10.1 Å². The van der Waals surface area contributed by atoms with Crippen molar-refractivity contribution in [2.24, 2.45) is 5.10 Å². The summed E-state index contributed by atoms with van der Waals surface area (Å²) in [5.41, 5.74) is 4.12. The van der Waals surface area contributed by atoms with Crippen molar-refractivity contribution in [2.75, 3.05) is 0 Å². The summed E-state index contributed by atoms with van der Waals surface area (Å²) in [6, 6.07) is 22.6. The van der Waals surface area contributed by atoms with Crippen molar-refractivity contribution in [3.8, 4) is 11.5 Å². The number of ether oxygens (including phenoxy) is 2. The highest BCUT2D eigenvalue weighted by molar-refractivity contribution is 5.86. The zero-order valence-corrected chi connectivity index (χ0v) is 16.8. The fraction of sp³-hybridized carbons (Fsp3) is 0.130. The number of nitro groups is 1. The monoisotopic (exact) mass is 419 g/mol. The highest BCUT2D eigenvalue weighted by Crippen LogP contribution is 2.19. The first kappa shape index (κ1) is 21.5. The molecule has 0 unspecified atom stereocenters. The van der Waals surface area contributed by atoms with Gasteiger partial charge in [0.05, 0.1) is 11.1 Å². The van der Waals surface area contributed by atoms with Gasteiger partial charge in [-0.25, -0.2) is 5.43 Å². The second-order valence-corrected chi connectivity index (χ2v) is 6.56. The molecule has 1 N–H and O–H groups in total. The predicted octanol–water partition coefficient (Wildman–Crippen LogP) is 4.09. The number of benzene rings is 3. The zero-order valence-electron chi connectivity index (χ0n) is 16.8. The Labute approximate surface area is 179 Å². The first-order valence-corrected chi connectivity index (χ1v) is 9.52. The van der Waals surface area contributed by atoms with Gasteiger partial charge in [-0.05, 0) is 36.8 Å². The molecule has 0 aliphatic heterocycles. The van der Waals surface area contributed by atoms with Gasteiger partial charge in [-0.2, -0.15) is 5.10 Å². The Morgan fingerprint density at radius 2 is 1.74 bits per heavy atom. The van der Waals surface area contributed by atoms with Gasteiger partial charge in [0.15, 0.2) is 6.10 Å². The molecule has 8 nitrogen and oxygen atoms in total. The van der Waals surface area contributed by atoms with Crippen molar-refractivity contribution < 1.29 is 19.2 Å². The molecule has 158 valence electrons. The largest absolute Gasteiger partial charge is 0.488 e. The maximum absolute atomic E-state index is 12.2. The third kappa shape index (κ3) is 6.40. The fourth-order valence-corrected chi connectivity index (χ4v) is 2.61. The number of hydrazone groups is 1. The quantitative estimate of drug-likeness (QED) is 0.320. The number of non-ortho nitro benzene ring substituents is 1. The molecule has 1 atom stereocenters. The van der Waals surface area contributed by atoms with Gasteiger partial charge < -0.3 is 9.47 Å². The average molecular weight is 419 g/mol. The van der Waals surface area contributed by atoms with Crippen LogP contribution in [0.4, 0.5) is 5.69 Å². The highest BCUT2D eigenvalue weighted by Gasteiger charge is 2.15. The second-order valence-electron chi connectivity index (χ2n) is 6.56. The summed E-state index contributed by atoms with van der Waals surface area (Å²) in [5.74, 6) is 0.522. The minimum atomic E-state index is -0.844. The lowest BCUT2D eigenvalue weighted by atomic mass is 10.2. The SMILES string of the molecule is C[C@H](Oc1ccc([N+](=O)[O-])cc1)C(=O)N/N=C\c1ccccc1OCc1ccccc1. The Balaban J connectivity index is 1.54. The van der Waals surface area contributed by atoms with Gasteiger partial charge in [-0.3, -0.25) is 14.9 Å². The number of rotatable bonds is 9. The van der Waals surface area contributed by atoms with Crippen LogP contribution < -0.4 is 14.9 Å². The van der Waals surface area contributed by atoms with Crippen LogP contribution in [-0.2, 0) is 11.4 Å². The fourth-order valence-electron chi connectivity index (χ4n) is 2.61. The Morgan fingerprint density at radius 1 is 1.06 bits per heavy atom. The second kappa shape index (κ2) is 10.5. The zero-order chi connectivity index (χ0) is 22.1. The van der Waals surface area contributed by atoms with Crippen molar-refractivity contribution in [2.45, 2.75) is 19.6 Å². The van der Waals surface area contributed by atoms with E-state index in [0.29, 0.717) is 23.7 Å². The van der Waals surface area contributed by atoms with E-state index in [-0.39, 0.29) is 5.69 Å². The van der Waals surface area contributed by atoms with E-state index in [4.69, 9.17) is 9.47 Å². The number of carbonyl (C=O) groups is 1. The number of amides is 1. The van der Waals surface area contributed by atoms with E-state index in [2.05, 4.69) is 10.5 Å². The van der Waals surface area contributed by atoms with Crippen molar-refractivity contribution in [1.82, 2.24) is 5.43 Å². The van der Waals surface area contributed by atoms with Crippen molar-refractivity contribution in [3.63, 3.8) is 0 Å². The van der Waals surface area contributed by atoms with E-state index >= 15 is 0 Å². The van der Waals surface area contributed by atoms with Crippen LogP contribution >= 0.6 is 0 Å². The van der Waals surface area contributed by atoms with Gasteiger partial charge in [0.25, 0.3) is 11.6 Å².